The van der Waals surface area contributed by atoms with Gasteiger partial charge in [0.1, 0.15) is 0 Å². The molecule has 1 fully saturated rings. The molecule has 3 aromatic rings. The monoisotopic (exact) mass is 369 g/mol. The van der Waals surface area contributed by atoms with Gasteiger partial charge in [-0.25, -0.2) is 4.98 Å². The van der Waals surface area contributed by atoms with E-state index in [9.17, 15) is 4.79 Å². The number of rotatable bonds is 4. The van der Waals surface area contributed by atoms with E-state index in [1.165, 1.54) is 0 Å². The lowest BCUT2D eigenvalue weighted by molar-refractivity contribution is 0.0978. The number of nitrogens with zero attached hydrogens (tertiary/aromatic N) is 5. The molecule has 0 radical (unpaired) electrons. The first-order valence-electron chi connectivity index (χ1n) is 8.23. The molecule has 9 heteroatoms. The van der Waals surface area contributed by atoms with Gasteiger partial charge in [0.15, 0.2) is 5.82 Å². The second-order valence-corrected chi connectivity index (χ2v) is 6.32. The number of carbonyl (C=O) groups excluding carboxylic acids is 1. The average Bonchev–Trinajstić information content (AvgIpc) is 3.37. The van der Waals surface area contributed by atoms with Crippen molar-refractivity contribution in [3.05, 3.63) is 53.2 Å². The molecule has 1 saturated heterocycles. The molecule has 4 rings (SSSR count). The number of pyridine rings is 1. The van der Waals surface area contributed by atoms with E-state index in [2.05, 4.69) is 30.9 Å². The van der Waals surface area contributed by atoms with Crippen LogP contribution in [0, 0.1) is 0 Å². The highest BCUT2D eigenvalue weighted by Crippen LogP contribution is 2.30. The van der Waals surface area contributed by atoms with Crippen molar-refractivity contribution in [1.82, 2.24) is 30.9 Å². The van der Waals surface area contributed by atoms with Crippen LogP contribution in [0.5, 0.6) is 0 Å². The molecule has 8 nitrogen and oxygen atoms in total. The number of tetrazole rings is 1. The SMILES string of the molecule is O=C(c1ccccc1-c1nn[nH]n1)N(c1ncccc1Cl)[C@@H]1CCNC1. The molecule has 2 N–H and O–H groups in total. The topological polar surface area (TPSA) is 99.7 Å². The standard InChI is InChI=1S/C17H16ClN7O/c18-14-6-3-8-20-16(14)25(11-7-9-19-10-11)17(26)13-5-2-1-4-12(13)15-21-23-24-22-15/h1-6,8,11,19H,7,9-10H2,(H,21,22,23,24)/t11-/m1/s1. The number of aromatic nitrogens is 5. The first-order valence-corrected chi connectivity index (χ1v) is 8.61. The maximum atomic E-state index is 13.5. The zero-order valence-electron chi connectivity index (χ0n) is 13.8. The van der Waals surface area contributed by atoms with Gasteiger partial charge in [0, 0.05) is 18.3 Å². The molecule has 132 valence electrons. The number of hydrogen-bond acceptors (Lipinski definition) is 6. The van der Waals surface area contributed by atoms with Gasteiger partial charge in [-0.3, -0.25) is 9.69 Å². The van der Waals surface area contributed by atoms with Crippen molar-refractivity contribution in [1.29, 1.82) is 0 Å². The molecule has 1 amide bonds. The summed E-state index contributed by atoms with van der Waals surface area (Å²) in [4.78, 5) is 19.5. The van der Waals surface area contributed by atoms with E-state index in [4.69, 9.17) is 11.6 Å². The van der Waals surface area contributed by atoms with E-state index in [0.29, 0.717) is 34.3 Å². The van der Waals surface area contributed by atoms with Gasteiger partial charge in [-0.1, -0.05) is 29.8 Å². The number of halogens is 1. The number of carbonyl (C=O) groups is 1. The normalized spacial score (nSPS) is 16.6. The summed E-state index contributed by atoms with van der Waals surface area (Å²) in [5.74, 6) is 0.626. The molecule has 2 aromatic heterocycles. The van der Waals surface area contributed by atoms with E-state index < -0.39 is 0 Å². The quantitative estimate of drug-likeness (QED) is 0.728. The number of nitrogens with one attached hydrogen (secondary N) is 2. The van der Waals surface area contributed by atoms with Crippen molar-refractivity contribution in [2.45, 2.75) is 12.5 Å². The van der Waals surface area contributed by atoms with Crippen molar-refractivity contribution >= 4 is 23.3 Å². The van der Waals surface area contributed by atoms with E-state index in [-0.39, 0.29) is 11.9 Å². The zero-order valence-corrected chi connectivity index (χ0v) is 14.5. The lowest BCUT2D eigenvalue weighted by atomic mass is 10.0. The van der Waals surface area contributed by atoms with Gasteiger partial charge in [0.25, 0.3) is 5.91 Å². The number of amides is 1. The predicted octanol–water partition coefficient (Wildman–Crippen LogP) is 1.92. The third-order valence-electron chi connectivity index (χ3n) is 4.33. The van der Waals surface area contributed by atoms with Crippen molar-refractivity contribution in [3.63, 3.8) is 0 Å². The van der Waals surface area contributed by atoms with Crippen LogP contribution in [0.25, 0.3) is 11.4 Å². The molecule has 3 heterocycles. The maximum Gasteiger partial charge on any atom is 0.260 e. The van der Waals surface area contributed by atoms with Crippen molar-refractivity contribution in [3.8, 4) is 11.4 Å². The van der Waals surface area contributed by atoms with E-state index >= 15 is 0 Å². The molecular weight excluding hydrogens is 354 g/mol. The average molecular weight is 370 g/mol. The van der Waals surface area contributed by atoms with Crippen LogP contribution in [0.2, 0.25) is 5.02 Å². The molecule has 26 heavy (non-hydrogen) atoms. The summed E-state index contributed by atoms with van der Waals surface area (Å²) in [6.07, 6.45) is 2.46. The molecule has 0 spiro atoms. The van der Waals surface area contributed by atoms with Crippen LogP contribution in [0.4, 0.5) is 5.82 Å². The predicted molar refractivity (Wildman–Crippen MR) is 96.9 cm³/mol. The molecule has 0 saturated carbocycles. The minimum atomic E-state index is -0.195. The third-order valence-corrected chi connectivity index (χ3v) is 4.62. The van der Waals surface area contributed by atoms with Crippen LogP contribution in [0.3, 0.4) is 0 Å². The second kappa shape index (κ2) is 7.19. The lowest BCUT2D eigenvalue weighted by Crippen LogP contribution is -2.42. The van der Waals surface area contributed by atoms with Crippen LogP contribution in [-0.2, 0) is 0 Å². The molecule has 1 aliphatic heterocycles. The summed E-state index contributed by atoms with van der Waals surface area (Å²) >= 11 is 6.35. The molecule has 1 aromatic carbocycles. The maximum absolute atomic E-state index is 13.5. The zero-order chi connectivity index (χ0) is 17.9. The lowest BCUT2D eigenvalue weighted by Gasteiger charge is -2.28. The summed E-state index contributed by atoms with van der Waals surface area (Å²) in [5, 5.41) is 17.7. The minimum absolute atomic E-state index is 0.0341. The third kappa shape index (κ3) is 3.04. The highest BCUT2D eigenvalue weighted by Gasteiger charge is 2.32. The first kappa shape index (κ1) is 16.6. The van der Waals surface area contributed by atoms with Gasteiger partial charge in [-0.15, -0.1) is 10.2 Å². The fourth-order valence-electron chi connectivity index (χ4n) is 3.12. The summed E-state index contributed by atoms with van der Waals surface area (Å²) < 4.78 is 0. The smallest absolute Gasteiger partial charge is 0.260 e. The largest absolute Gasteiger partial charge is 0.315 e. The fourth-order valence-corrected chi connectivity index (χ4v) is 3.33. The molecule has 0 aliphatic carbocycles. The van der Waals surface area contributed by atoms with Crippen LogP contribution in [-0.4, -0.2) is 50.6 Å². The number of anilines is 1. The van der Waals surface area contributed by atoms with Crippen LogP contribution >= 0.6 is 11.6 Å². The Kier molecular flexibility index (Phi) is 4.59. The summed E-state index contributed by atoms with van der Waals surface area (Å²) in [5.41, 5.74) is 1.08. The van der Waals surface area contributed by atoms with Crippen LogP contribution in [0.1, 0.15) is 16.8 Å². The van der Waals surface area contributed by atoms with Gasteiger partial charge in [-0.05, 0) is 36.4 Å². The Morgan fingerprint density at radius 2 is 2.12 bits per heavy atom. The molecule has 0 bridgehead atoms. The van der Waals surface area contributed by atoms with Gasteiger partial charge in [0.2, 0.25) is 5.82 Å². The Labute approximate surface area is 154 Å². The minimum Gasteiger partial charge on any atom is -0.315 e. The van der Waals surface area contributed by atoms with Crippen LogP contribution < -0.4 is 10.2 Å². The Morgan fingerprint density at radius 1 is 1.23 bits per heavy atom. The number of benzene rings is 1. The molecule has 0 unspecified atom stereocenters. The highest BCUT2D eigenvalue weighted by atomic mass is 35.5. The van der Waals surface area contributed by atoms with Crippen molar-refractivity contribution < 1.29 is 4.79 Å². The van der Waals surface area contributed by atoms with Gasteiger partial charge < -0.3 is 5.32 Å². The Morgan fingerprint density at radius 3 is 2.85 bits per heavy atom. The Hall–Kier alpha value is -2.84. The fraction of sp³-hybridized carbons (Fsp3) is 0.235. The van der Waals surface area contributed by atoms with E-state index in [1.54, 1.807) is 35.4 Å². The Bertz CT molecular complexity index is 909. The van der Waals surface area contributed by atoms with Gasteiger partial charge >= 0.3 is 0 Å². The molecule has 1 aliphatic rings. The number of aromatic amines is 1. The summed E-state index contributed by atoms with van der Waals surface area (Å²) in [6, 6.07) is 10.6. The second-order valence-electron chi connectivity index (χ2n) is 5.91. The van der Waals surface area contributed by atoms with Gasteiger partial charge in [0.05, 0.1) is 16.6 Å². The van der Waals surface area contributed by atoms with Crippen molar-refractivity contribution in [2.24, 2.45) is 0 Å². The summed E-state index contributed by atoms with van der Waals surface area (Å²) in [7, 11) is 0. The van der Waals surface area contributed by atoms with E-state index in [1.807, 2.05) is 12.1 Å². The van der Waals surface area contributed by atoms with Crippen LogP contribution in [0.15, 0.2) is 42.6 Å². The molecule has 1 atom stereocenters. The number of hydrogen-bond donors (Lipinski definition) is 2. The number of H-pyrrole nitrogens is 1. The molecular formula is C17H16ClN7O. The Balaban J connectivity index is 1.80. The van der Waals surface area contributed by atoms with Gasteiger partial charge in [-0.2, -0.15) is 5.21 Å². The van der Waals surface area contributed by atoms with Crippen molar-refractivity contribution in [2.75, 3.05) is 18.0 Å². The first-order chi connectivity index (χ1) is 12.8. The summed E-state index contributed by atoms with van der Waals surface area (Å²) in [6.45, 7) is 1.52. The highest BCUT2D eigenvalue weighted by molar-refractivity contribution is 6.33. The van der Waals surface area contributed by atoms with E-state index in [0.717, 1.165) is 13.0 Å².